The number of nitrogens with one attached hydrogen (secondary N) is 1. The van der Waals surface area contributed by atoms with Crippen molar-refractivity contribution in [3.8, 4) is 12.3 Å². The molecule has 1 fully saturated rings. The molecular formula is C13H16ClN3O2. The quantitative estimate of drug-likeness (QED) is 0.767. The van der Waals surface area contributed by atoms with Gasteiger partial charge >= 0.3 is 0 Å². The molecule has 1 saturated carbocycles. The lowest BCUT2D eigenvalue weighted by Crippen LogP contribution is -2.28. The first-order valence-corrected chi connectivity index (χ1v) is 6.53. The van der Waals surface area contributed by atoms with Crippen molar-refractivity contribution < 1.29 is 5.11 Å². The van der Waals surface area contributed by atoms with Crippen LogP contribution in [0.1, 0.15) is 19.3 Å². The predicted molar refractivity (Wildman–Crippen MR) is 74.2 cm³/mol. The molecule has 102 valence electrons. The Labute approximate surface area is 116 Å². The van der Waals surface area contributed by atoms with E-state index in [2.05, 4.69) is 16.3 Å². The summed E-state index contributed by atoms with van der Waals surface area (Å²) < 4.78 is 1.19. The molecule has 0 atom stereocenters. The van der Waals surface area contributed by atoms with E-state index >= 15 is 0 Å². The van der Waals surface area contributed by atoms with Crippen molar-refractivity contribution in [3.05, 3.63) is 21.6 Å². The molecule has 2 N–H and O–H groups in total. The summed E-state index contributed by atoms with van der Waals surface area (Å²) >= 11 is 5.99. The molecule has 0 radical (unpaired) electrons. The Morgan fingerprint density at radius 2 is 2.37 bits per heavy atom. The zero-order valence-electron chi connectivity index (χ0n) is 10.5. The fourth-order valence-corrected chi connectivity index (χ4v) is 2.22. The number of terminal acetylenes is 1. The average molecular weight is 282 g/mol. The second-order valence-electron chi connectivity index (χ2n) is 4.86. The highest BCUT2D eigenvalue weighted by molar-refractivity contribution is 6.32. The van der Waals surface area contributed by atoms with Gasteiger partial charge in [-0.15, -0.1) is 6.42 Å². The number of halogens is 1. The lowest BCUT2D eigenvalue weighted by molar-refractivity contribution is 0.253. The van der Waals surface area contributed by atoms with Crippen molar-refractivity contribution in [2.45, 2.75) is 25.8 Å². The standard InChI is InChI=1S/C13H16ClN3O2/c1-2-6-17-12(19)11(10(14)8-16-17)15-9-13(3-4-13)5-7-18/h1,8,15,18H,3-7,9H2. The molecular weight excluding hydrogens is 266 g/mol. The minimum absolute atomic E-state index is 0.102. The fraction of sp³-hybridized carbons (Fsp3) is 0.538. The van der Waals surface area contributed by atoms with Crippen LogP contribution in [0, 0.1) is 17.8 Å². The second kappa shape index (κ2) is 5.64. The number of rotatable bonds is 6. The van der Waals surface area contributed by atoms with Crippen molar-refractivity contribution in [1.82, 2.24) is 9.78 Å². The maximum atomic E-state index is 12.1. The normalized spacial score (nSPS) is 15.8. The van der Waals surface area contributed by atoms with Crippen LogP contribution in [0.4, 0.5) is 5.69 Å². The van der Waals surface area contributed by atoms with E-state index in [4.69, 9.17) is 23.1 Å². The van der Waals surface area contributed by atoms with Gasteiger partial charge in [-0.05, 0) is 24.7 Å². The molecule has 1 aromatic rings. The first-order chi connectivity index (χ1) is 9.12. The summed E-state index contributed by atoms with van der Waals surface area (Å²) in [6.07, 6.45) is 9.44. The summed E-state index contributed by atoms with van der Waals surface area (Å²) in [5, 5.41) is 16.3. The fourth-order valence-electron chi connectivity index (χ4n) is 2.03. The molecule has 0 saturated heterocycles. The Balaban J connectivity index is 2.14. The minimum Gasteiger partial charge on any atom is -0.396 e. The van der Waals surface area contributed by atoms with E-state index in [0.29, 0.717) is 12.2 Å². The third-order valence-corrected chi connectivity index (χ3v) is 3.76. The number of nitrogens with zero attached hydrogens (tertiary/aromatic N) is 2. The van der Waals surface area contributed by atoms with Crippen molar-refractivity contribution in [2.24, 2.45) is 5.41 Å². The summed E-state index contributed by atoms with van der Waals surface area (Å²) in [6, 6.07) is 0. The Kier molecular flexibility index (Phi) is 4.13. The van der Waals surface area contributed by atoms with Gasteiger partial charge < -0.3 is 10.4 Å². The van der Waals surface area contributed by atoms with Crippen LogP contribution in [0.2, 0.25) is 5.02 Å². The van der Waals surface area contributed by atoms with Crippen molar-refractivity contribution in [1.29, 1.82) is 0 Å². The van der Waals surface area contributed by atoms with Crippen LogP contribution in [-0.2, 0) is 6.54 Å². The molecule has 0 spiro atoms. The molecule has 6 heteroatoms. The van der Waals surface area contributed by atoms with Crippen LogP contribution in [0.3, 0.4) is 0 Å². The third-order valence-electron chi connectivity index (χ3n) is 3.48. The van der Waals surface area contributed by atoms with E-state index in [1.807, 2.05) is 0 Å². The minimum atomic E-state index is -0.315. The van der Waals surface area contributed by atoms with Crippen molar-refractivity contribution in [2.75, 3.05) is 18.5 Å². The van der Waals surface area contributed by atoms with Crippen LogP contribution >= 0.6 is 11.6 Å². The molecule has 0 aliphatic heterocycles. The zero-order chi connectivity index (χ0) is 13.9. The van der Waals surface area contributed by atoms with Gasteiger partial charge in [0.15, 0.2) is 0 Å². The number of aliphatic hydroxyl groups is 1. The molecule has 1 aliphatic carbocycles. The highest BCUT2D eigenvalue weighted by Gasteiger charge is 2.41. The number of hydrogen-bond acceptors (Lipinski definition) is 4. The SMILES string of the molecule is C#CCn1ncc(Cl)c(NCC2(CCO)CC2)c1=O. The first kappa shape index (κ1) is 13.9. The number of hydrogen-bond donors (Lipinski definition) is 2. The highest BCUT2D eigenvalue weighted by Crippen LogP contribution is 2.48. The third kappa shape index (κ3) is 3.09. The molecule has 0 bridgehead atoms. The van der Waals surface area contributed by atoms with Crippen molar-refractivity contribution in [3.63, 3.8) is 0 Å². The van der Waals surface area contributed by atoms with Gasteiger partial charge in [0.2, 0.25) is 0 Å². The van der Waals surface area contributed by atoms with E-state index in [-0.39, 0.29) is 29.1 Å². The second-order valence-corrected chi connectivity index (χ2v) is 5.27. The average Bonchev–Trinajstić information content (AvgIpc) is 3.13. The molecule has 1 heterocycles. The van der Waals surface area contributed by atoms with Crippen LogP contribution in [0.15, 0.2) is 11.0 Å². The molecule has 0 aromatic carbocycles. The van der Waals surface area contributed by atoms with Crippen LogP contribution in [-0.4, -0.2) is 28.0 Å². The van der Waals surface area contributed by atoms with Gasteiger partial charge in [0.25, 0.3) is 5.56 Å². The summed E-state index contributed by atoms with van der Waals surface area (Å²) in [6.45, 7) is 0.905. The van der Waals surface area contributed by atoms with Gasteiger partial charge in [0, 0.05) is 13.2 Å². The smallest absolute Gasteiger partial charge is 0.292 e. The maximum absolute atomic E-state index is 12.1. The molecule has 0 amide bonds. The lowest BCUT2D eigenvalue weighted by Gasteiger charge is -2.16. The van der Waals surface area contributed by atoms with E-state index in [9.17, 15) is 4.79 Å². The van der Waals surface area contributed by atoms with Crippen LogP contribution in [0.5, 0.6) is 0 Å². The monoisotopic (exact) mass is 281 g/mol. The number of anilines is 1. The van der Waals surface area contributed by atoms with Gasteiger partial charge in [-0.1, -0.05) is 17.5 Å². The summed E-state index contributed by atoms with van der Waals surface area (Å²) in [5.74, 6) is 2.37. The predicted octanol–water partition coefficient (Wildman–Crippen LogP) is 1.10. The zero-order valence-corrected chi connectivity index (χ0v) is 11.3. The van der Waals surface area contributed by atoms with Gasteiger partial charge in [-0.2, -0.15) is 5.10 Å². The van der Waals surface area contributed by atoms with Gasteiger partial charge in [-0.3, -0.25) is 4.79 Å². The topological polar surface area (TPSA) is 67.2 Å². The van der Waals surface area contributed by atoms with E-state index in [0.717, 1.165) is 19.3 Å². The van der Waals surface area contributed by atoms with Gasteiger partial charge in [0.1, 0.15) is 12.2 Å². The van der Waals surface area contributed by atoms with Gasteiger partial charge in [-0.25, -0.2) is 4.68 Å². The molecule has 0 unspecified atom stereocenters. The Bertz CT molecular complexity index is 558. The lowest BCUT2D eigenvalue weighted by atomic mass is 10.0. The first-order valence-electron chi connectivity index (χ1n) is 6.16. The van der Waals surface area contributed by atoms with E-state index in [1.165, 1.54) is 10.9 Å². The summed E-state index contributed by atoms with van der Waals surface area (Å²) in [7, 11) is 0. The summed E-state index contributed by atoms with van der Waals surface area (Å²) in [4.78, 5) is 12.1. The van der Waals surface area contributed by atoms with E-state index in [1.54, 1.807) is 0 Å². The number of aliphatic hydroxyl groups excluding tert-OH is 1. The summed E-state index contributed by atoms with van der Waals surface area (Å²) in [5.41, 5.74) is 0.117. The molecule has 1 aromatic heterocycles. The molecule has 1 aliphatic rings. The Morgan fingerprint density at radius 1 is 1.63 bits per heavy atom. The number of aromatic nitrogens is 2. The Morgan fingerprint density at radius 3 is 2.95 bits per heavy atom. The highest BCUT2D eigenvalue weighted by atomic mass is 35.5. The van der Waals surface area contributed by atoms with E-state index < -0.39 is 0 Å². The van der Waals surface area contributed by atoms with Gasteiger partial charge in [0.05, 0.1) is 11.2 Å². The molecule has 19 heavy (non-hydrogen) atoms. The maximum Gasteiger partial charge on any atom is 0.292 e. The molecule has 5 nitrogen and oxygen atoms in total. The Hall–Kier alpha value is -1.51. The molecule has 2 rings (SSSR count). The van der Waals surface area contributed by atoms with Crippen molar-refractivity contribution >= 4 is 17.3 Å². The van der Waals surface area contributed by atoms with Crippen LogP contribution < -0.4 is 10.9 Å². The largest absolute Gasteiger partial charge is 0.396 e. The van der Waals surface area contributed by atoms with Crippen LogP contribution in [0.25, 0.3) is 0 Å².